The SMILES string of the molecule is Cc1ccc(C)c2sc(N(C)CC(=O)NCc3cccnc3)nc12. The van der Waals surface area contributed by atoms with Gasteiger partial charge >= 0.3 is 0 Å². The number of aryl methyl sites for hydroxylation is 2. The van der Waals surface area contributed by atoms with E-state index >= 15 is 0 Å². The van der Waals surface area contributed by atoms with E-state index in [1.807, 2.05) is 24.1 Å². The molecule has 0 saturated carbocycles. The van der Waals surface area contributed by atoms with Crippen molar-refractivity contribution >= 4 is 32.6 Å². The van der Waals surface area contributed by atoms with Crippen molar-refractivity contribution in [3.63, 3.8) is 0 Å². The van der Waals surface area contributed by atoms with E-state index in [9.17, 15) is 4.79 Å². The van der Waals surface area contributed by atoms with Gasteiger partial charge in [0.15, 0.2) is 5.13 Å². The molecule has 1 N–H and O–H groups in total. The highest BCUT2D eigenvalue weighted by molar-refractivity contribution is 7.22. The Hall–Kier alpha value is -2.47. The maximum atomic E-state index is 12.2. The summed E-state index contributed by atoms with van der Waals surface area (Å²) in [6.07, 6.45) is 3.47. The van der Waals surface area contributed by atoms with E-state index in [0.29, 0.717) is 6.54 Å². The molecule has 0 atom stereocenters. The van der Waals surface area contributed by atoms with Gasteiger partial charge in [0.25, 0.3) is 0 Å². The highest BCUT2D eigenvalue weighted by Crippen LogP contribution is 2.32. The Labute approximate surface area is 145 Å². The molecule has 0 aliphatic carbocycles. The van der Waals surface area contributed by atoms with Crippen molar-refractivity contribution in [3.05, 3.63) is 53.3 Å². The van der Waals surface area contributed by atoms with Gasteiger partial charge < -0.3 is 10.2 Å². The van der Waals surface area contributed by atoms with Crippen LogP contribution in [0.2, 0.25) is 0 Å². The molecule has 0 saturated heterocycles. The maximum absolute atomic E-state index is 12.2. The number of thiazole rings is 1. The Morgan fingerprint density at radius 3 is 2.75 bits per heavy atom. The van der Waals surface area contributed by atoms with Crippen molar-refractivity contribution in [2.45, 2.75) is 20.4 Å². The van der Waals surface area contributed by atoms with Gasteiger partial charge in [0.2, 0.25) is 5.91 Å². The fourth-order valence-corrected chi connectivity index (χ4v) is 3.53. The Balaban J connectivity index is 1.66. The lowest BCUT2D eigenvalue weighted by Crippen LogP contribution is -2.34. The smallest absolute Gasteiger partial charge is 0.239 e. The molecule has 0 aliphatic heterocycles. The number of likely N-dealkylation sites (N-methyl/N-ethyl adjacent to an activating group) is 1. The van der Waals surface area contributed by atoms with E-state index in [2.05, 4.69) is 36.3 Å². The first kappa shape index (κ1) is 16.4. The first-order valence-corrected chi connectivity index (χ1v) is 8.59. The van der Waals surface area contributed by atoms with Gasteiger partial charge in [-0.05, 0) is 36.6 Å². The van der Waals surface area contributed by atoms with Crippen LogP contribution in [0.15, 0.2) is 36.7 Å². The number of amides is 1. The van der Waals surface area contributed by atoms with Crippen molar-refractivity contribution in [3.8, 4) is 0 Å². The predicted octanol–water partition coefficient (Wildman–Crippen LogP) is 3.06. The van der Waals surface area contributed by atoms with Gasteiger partial charge in [-0.3, -0.25) is 9.78 Å². The van der Waals surface area contributed by atoms with Gasteiger partial charge in [0.05, 0.1) is 16.8 Å². The third kappa shape index (κ3) is 3.54. The monoisotopic (exact) mass is 340 g/mol. The summed E-state index contributed by atoms with van der Waals surface area (Å²) in [7, 11) is 1.89. The van der Waals surface area contributed by atoms with Gasteiger partial charge in [0, 0.05) is 26.0 Å². The third-order valence-corrected chi connectivity index (χ3v) is 5.16. The van der Waals surface area contributed by atoms with Crippen LogP contribution in [0.4, 0.5) is 5.13 Å². The Morgan fingerprint density at radius 2 is 2.04 bits per heavy atom. The summed E-state index contributed by atoms with van der Waals surface area (Å²) in [5, 5.41) is 3.77. The van der Waals surface area contributed by atoms with Gasteiger partial charge in [-0.25, -0.2) is 4.98 Å². The zero-order valence-electron chi connectivity index (χ0n) is 14.0. The Kier molecular flexibility index (Phi) is 4.76. The van der Waals surface area contributed by atoms with E-state index in [1.54, 1.807) is 23.7 Å². The molecular weight excluding hydrogens is 320 g/mol. The maximum Gasteiger partial charge on any atom is 0.239 e. The van der Waals surface area contributed by atoms with Crippen LogP contribution in [0.3, 0.4) is 0 Å². The number of carbonyl (C=O) groups is 1. The fourth-order valence-electron chi connectivity index (χ4n) is 2.45. The van der Waals surface area contributed by atoms with Gasteiger partial charge in [-0.1, -0.05) is 29.5 Å². The molecule has 0 radical (unpaired) electrons. The topological polar surface area (TPSA) is 58.1 Å². The van der Waals surface area contributed by atoms with Crippen molar-refractivity contribution in [2.24, 2.45) is 0 Å². The number of carbonyl (C=O) groups excluding carboxylic acids is 1. The number of pyridine rings is 1. The van der Waals surface area contributed by atoms with Crippen molar-refractivity contribution in [1.82, 2.24) is 15.3 Å². The van der Waals surface area contributed by atoms with Crippen LogP contribution in [0.5, 0.6) is 0 Å². The lowest BCUT2D eigenvalue weighted by molar-refractivity contribution is -0.119. The Morgan fingerprint density at radius 1 is 1.25 bits per heavy atom. The van der Waals surface area contributed by atoms with Crippen molar-refractivity contribution in [2.75, 3.05) is 18.5 Å². The van der Waals surface area contributed by atoms with E-state index in [4.69, 9.17) is 4.98 Å². The van der Waals surface area contributed by atoms with E-state index in [1.165, 1.54) is 10.3 Å². The molecule has 3 aromatic rings. The lowest BCUT2D eigenvalue weighted by Gasteiger charge is -2.15. The van der Waals surface area contributed by atoms with Crippen LogP contribution in [-0.2, 0) is 11.3 Å². The number of anilines is 1. The van der Waals surface area contributed by atoms with Crippen molar-refractivity contribution < 1.29 is 4.79 Å². The van der Waals surface area contributed by atoms with Crippen LogP contribution in [-0.4, -0.2) is 29.5 Å². The largest absolute Gasteiger partial charge is 0.350 e. The van der Waals surface area contributed by atoms with Crippen LogP contribution in [0.25, 0.3) is 10.2 Å². The highest BCUT2D eigenvalue weighted by atomic mass is 32.1. The highest BCUT2D eigenvalue weighted by Gasteiger charge is 2.14. The predicted molar refractivity (Wildman–Crippen MR) is 98.4 cm³/mol. The lowest BCUT2D eigenvalue weighted by atomic mass is 10.1. The average Bonchev–Trinajstić information content (AvgIpc) is 3.04. The quantitative estimate of drug-likeness (QED) is 0.775. The fraction of sp³-hybridized carbons (Fsp3) is 0.278. The number of nitrogens with one attached hydrogen (secondary N) is 1. The van der Waals surface area contributed by atoms with Gasteiger partial charge in [-0.2, -0.15) is 0 Å². The summed E-state index contributed by atoms with van der Waals surface area (Å²) in [5.41, 5.74) is 4.39. The Bertz CT molecular complexity index is 821. The zero-order chi connectivity index (χ0) is 17.1. The minimum Gasteiger partial charge on any atom is -0.350 e. The molecule has 2 heterocycles. The van der Waals surface area contributed by atoms with E-state index < -0.39 is 0 Å². The molecule has 1 aromatic carbocycles. The standard InChI is InChI=1S/C18H20N4OS/c1-12-6-7-13(2)17-16(12)21-18(24-17)22(3)11-15(23)20-10-14-5-4-8-19-9-14/h4-9H,10-11H2,1-3H3,(H,20,23). The second-order valence-corrected chi connectivity index (χ2v) is 6.85. The molecule has 0 bridgehead atoms. The average molecular weight is 340 g/mol. The van der Waals surface area contributed by atoms with Crippen LogP contribution in [0, 0.1) is 13.8 Å². The van der Waals surface area contributed by atoms with Crippen LogP contribution < -0.4 is 10.2 Å². The summed E-state index contributed by atoms with van der Waals surface area (Å²) in [5.74, 6) is -0.0333. The van der Waals surface area contributed by atoms with E-state index in [0.717, 1.165) is 21.8 Å². The van der Waals surface area contributed by atoms with Crippen LogP contribution in [0.1, 0.15) is 16.7 Å². The molecule has 0 spiro atoms. The second kappa shape index (κ2) is 6.97. The molecule has 5 nitrogen and oxygen atoms in total. The number of benzene rings is 1. The molecule has 0 aliphatic rings. The molecular formula is C18H20N4OS. The third-order valence-electron chi connectivity index (χ3n) is 3.85. The summed E-state index contributed by atoms with van der Waals surface area (Å²) in [4.78, 5) is 22.8. The van der Waals surface area contributed by atoms with Crippen molar-refractivity contribution in [1.29, 1.82) is 0 Å². The summed E-state index contributed by atoms with van der Waals surface area (Å²) in [6.45, 7) is 4.91. The molecule has 24 heavy (non-hydrogen) atoms. The molecule has 124 valence electrons. The minimum atomic E-state index is -0.0333. The van der Waals surface area contributed by atoms with Gasteiger partial charge in [-0.15, -0.1) is 0 Å². The zero-order valence-corrected chi connectivity index (χ0v) is 14.9. The van der Waals surface area contributed by atoms with Gasteiger partial charge in [0.1, 0.15) is 0 Å². The minimum absolute atomic E-state index is 0.0333. The summed E-state index contributed by atoms with van der Waals surface area (Å²) < 4.78 is 1.19. The molecule has 2 aromatic heterocycles. The number of hydrogen-bond acceptors (Lipinski definition) is 5. The molecule has 0 unspecified atom stereocenters. The molecule has 3 rings (SSSR count). The number of rotatable bonds is 5. The molecule has 1 amide bonds. The normalized spacial score (nSPS) is 10.8. The number of aromatic nitrogens is 2. The number of nitrogens with zero attached hydrogens (tertiary/aromatic N) is 3. The summed E-state index contributed by atoms with van der Waals surface area (Å²) in [6, 6.07) is 8.00. The van der Waals surface area contributed by atoms with Crippen LogP contribution >= 0.6 is 11.3 Å². The molecule has 6 heteroatoms. The summed E-state index contributed by atoms with van der Waals surface area (Å²) >= 11 is 1.63. The number of fused-ring (bicyclic) bond motifs is 1. The second-order valence-electron chi connectivity index (χ2n) is 5.87. The first-order chi connectivity index (χ1) is 11.5. The first-order valence-electron chi connectivity index (χ1n) is 7.78. The number of hydrogen-bond donors (Lipinski definition) is 1. The van der Waals surface area contributed by atoms with E-state index in [-0.39, 0.29) is 12.5 Å². The molecule has 0 fully saturated rings.